The van der Waals surface area contributed by atoms with Crippen LogP contribution in [0.3, 0.4) is 0 Å². The van der Waals surface area contributed by atoms with Crippen molar-refractivity contribution >= 4 is 17.5 Å². The third-order valence-electron chi connectivity index (χ3n) is 3.93. The summed E-state index contributed by atoms with van der Waals surface area (Å²) >= 11 is 0. The number of benzene rings is 2. The summed E-state index contributed by atoms with van der Waals surface area (Å²) in [6.45, 7) is 2.71. The number of hydrogen-bond donors (Lipinski definition) is 3. The molecule has 0 saturated heterocycles. The van der Waals surface area contributed by atoms with E-state index in [2.05, 4.69) is 10.6 Å². The molecule has 0 saturated carbocycles. The third kappa shape index (κ3) is 6.64. The van der Waals surface area contributed by atoms with Gasteiger partial charge in [0.25, 0.3) is 11.8 Å². The van der Waals surface area contributed by atoms with Crippen LogP contribution in [0.4, 0.5) is 10.1 Å². The highest BCUT2D eigenvalue weighted by Gasteiger charge is 2.14. The molecule has 0 aliphatic heterocycles. The lowest BCUT2D eigenvalue weighted by Gasteiger charge is -2.14. The zero-order valence-corrected chi connectivity index (χ0v) is 15.1. The van der Waals surface area contributed by atoms with Crippen molar-refractivity contribution in [1.29, 1.82) is 0 Å². The Morgan fingerprint density at radius 3 is 2.35 bits per heavy atom. The van der Waals surface area contributed by atoms with E-state index < -0.39 is 0 Å². The van der Waals surface area contributed by atoms with E-state index in [9.17, 15) is 14.0 Å². The van der Waals surface area contributed by atoms with Crippen molar-refractivity contribution in [3.63, 3.8) is 0 Å². The van der Waals surface area contributed by atoms with Gasteiger partial charge in [-0.25, -0.2) is 4.39 Å². The fourth-order valence-electron chi connectivity index (χ4n) is 2.55. The highest BCUT2D eigenvalue weighted by Crippen LogP contribution is 2.08. The van der Waals surface area contributed by atoms with Gasteiger partial charge in [-0.1, -0.05) is 35.9 Å². The summed E-state index contributed by atoms with van der Waals surface area (Å²) in [6.07, 6.45) is 0.436. The molecule has 1 atom stereocenters. The highest BCUT2D eigenvalue weighted by molar-refractivity contribution is 5.91. The molecule has 0 spiro atoms. The molecule has 0 heterocycles. The van der Waals surface area contributed by atoms with Crippen LogP contribution in [0.25, 0.3) is 0 Å². The molecule has 2 aromatic rings. The van der Waals surface area contributed by atoms with Crippen molar-refractivity contribution in [1.82, 2.24) is 5.32 Å². The van der Waals surface area contributed by atoms with Gasteiger partial charge in [0.15, 0.2) is 13.1 Å². The first-order chi connectivity index (χ1) is 12.4. The van der Waals surface area contributed by atoms with Crippen LogP contribution in [0.1, 0.15) is 11.1 Å². The first kappa shape index (κ1) is 19.6. The number of amides is 2. The van der Waals surface area contributed by atoms with Crippen molar-refractivity contribution < 1.29 is 18.9 Å². The molecule has 0 radical (unpaired) electrons. The quantitative estimate of drug-likeness (QED) is 0.658. The summed E-state index contributed by atoms with van der Waals surface area (Å²) < 4.78 is 13.5. The summed E-state index contributed by atoms with van der Waals surface area (Å²) in [5, 5.41) is 5.57. The lowest BCUT2D eigenvalue weighted by molar-refractivity contribution is -0.862. The van der Waals surface area contributed by atoms with E-state index in [0.29, 0.717) is 18.5 Å². The fourth-order valence-corrected chi connectivity index (χ4v) is 2.55. The molecule has 6 heteroatoms. The maximum atomic E-state index is 13.5. The largest absolute Gasteiger partial charge is 0.351 e. The Morgan fingerprint density at radius 1 is 1.00 bits per heavy atom. The Balaban J connectivity index is 1.68. The van der Waals surface area contributed by atoms with Gasteiger partial charge >= 0.3 is 0 Å². The lowest BCUT2D eigenvalue weighted by Crippen LogP contribution is -3.11. The fraction of sp³-hybridized carbons (Fsp3) is 0.300. The Labute approximate surface area is 153 Å². The Morgan fingerprint density at radius 2 is 1.65 bits per heavy atom. The Kier molecular flexibility index (Phi) is 7.29. The monoisotopic (exact) mass is 358 g/mol. The molecular formula is C20H25FN3O2+. The summed E-state index contributed by atoms with van der Waals surface area (Å²) in [6, 6.07) is 14.1. The summed E-state index contributed by atoms with van der Waals surface area (Å²) in [5.74, 6) is -0.579. The van der Waals surface area contributed by atoms with Gasteiger partial charge in [0, 0.05) is 12.2 Å². The van der Waals surface area contributed by atoms with Gasteiger partial charge in [0.05, 0.1) is 7.05 Å². The molecule has 0 fully saturated rings. The third-order valence-corrected chi connectivity index (χ3v) is 3.93. The van der Waals surface area contributed by atoms with Crippen molar-refractivity contribution in [2.45, 2.75) is 13.3 Å². The average molecular weight is 358 g/mol. The maximum absolute atomic E-state index is 13.5. The standard InChI is InChI=1S/C20H24FN3O2/c1-15-7-9-17(10-8-15)23-20(26)14-24(2)13-19(25)22-12-11-16-5-3-4-6-18(16)21/h3-10H,11-14H2,1-2H3,(H,22,25)(H,23,26)/p+1. The van der Waals surface area contributed by atoms with E-state index in [4.69, 9.17) is 0 Å². The number of aryl methyl sites for hydroxylation is 1. The normalized spacial score (nSPS) is 11.7. The number of carbonyl (C=O) groups excluding carboxylic acids is 2. The van der Waals surface area contributed by atoms with Gasteiger partial charge in [0.1, 0.15) is 5.82 Å². The molecular weight excluding hydrogens is 333 g/mol. The van der Waals surface area contributed by atoms with E-state index in [1.165, 1.54) is 6.07 Å². The number of likely N-dealkylation sites (N-methyl/N-ethyl adjacent to an activating group) is 1. The number of carbonyl (C=O) groups is 2. The van der Waals surface area contributed by atoms with E-state index >= 15 is 0 Å². The Bertz CT molecular complexity index is 747. The Hall–Kier alpha value is -2.73. The molecule has 0 aliphatic carbocycles. The second-order valence-electron chi connectivity index (χ2n) is 6.42. The highest BCUT2D eigenvalue weighted by atomic mass is 19.1. The van der Waals surface area contributed by atoms with Crippen molar-refractivity contribution in [3.05, 3.63) is 65.5 Å². The van der Waals surface area contributed by atoms with Crippen molar-refractivity contribution in [2.24, 2.45) is 0 Å². The molecule has 2 aromatic carbocycles. The van der Waals surface area contributed by atoms with Crippen LogP contribution < -0.4 is 15.5 Å². The zero-order valence-electron chi connectivity index (χ0n) is 15.1. The van der Waals surface area contributed by atoms with E-state index in [0.717, 1.165) is 16.2 Å². The molecule has 3 N–H and O–H groups in total. The minimum absolute atomic E-state index is 0.148. The zero-order chi connectivity index (χ0) is 18.9. The van der Waals surface area contributed by atoms with E-state index in [1.807, 2.05) is 31.2 Å². The number of quaternary nitrogens is 1. The maximum Gasteiger partial charge on any atom is 0.279 e. The molecule has 0 bridgehead atoms. The van der Waals surface area contributed by atoms with Gasteiger partial charge in [0.2, 0.25) is 0 Å². The van der Waals surface area contributed by atoms with Crippen LogP contribution in [0, 0.1) is 12.7 Å². The summed E-state index contributed by atoms with van der Waals surface area (Å²) in [5.41, 5.74) is 2.44. The van der Waals surface area contributed by atoms with Crippen molar-refractivity contribution in [3.8, 4) is 0 Å². The summed E-state index contributed by atoms with van der Waals surface area (Å²) in [7, 11) is 1.78. The van der Waals surface area contributed by atoms with Crippen LogP contribution in [-0.4, -0.2) is 38.5 Å². The van der Waals surface area contributed by atoms with Crippen LogP contribution in [0.15, 0.2) is 48.5 Å². The topological polar surface area (TPSA) is 62.6 Å². The van der Waals surface area contributed by atoms with Gasteiger partial charge in [-0.05, 0) is 37.1 Å². The van der Waals surface area contributed by atoms with E-state index in [-0.39, 0.29) is 30.7 Å². The smallest absolute Gasteiger partial charge is 0.279 e. The minimum atomic E-state index is -0.266. The van der Waals surface area contributed by atoms with Crippen LogP contribution in [0.2, 0.25) is 0 Å². The number of anilines is 1. The number of rotatable bonds is 8. The molecule has 2 amide bonds. The van der Waals surface area contributed by atoms with Crippen LogP contribution in [-0.2, 0) is 16.0 Å². The predicted molar refractivity (Wildman–Crippen MR) is 99.5 cm³/mol. The molecule has 5 nitrogen and oxygen atoms in total. The molecule has 26 heavy (non-hydrogen) atoms. The molecule has 0 aromatic heterocycles. The van der Waals surface area contributed by atoms with Crippen LogP contribution >= 0.6 is 0 Å². The lowest BCUT2D eigenvalue weighted by atomic mass is 10.1. The minimum Gasteiger partial charge on any atom is -0.351 e. The van der Waals surface area contributed by atoms with Crippen molar-refractivity contribution in [2.75, 3.05) is 32.0 Å². The average Bonchev–Trinajstić information content (AvgIpc) is 2.58. The number of nitrogens with one attached hydrogen (secondary N) is 3. The molecule has 2 rings (SSSR count). The molecule has 138 valence electrons. The van der Waals surface area contributed by atoms with E-state index in [1.54, 1.807) is 25.2 Å². The first-order valence-electron chi connectivity index (χ1n) is 8.62. The molecule has 1 unspecified atom stereocenters. The van der Waals surface area contributed by atoms with Gasteiger partial charge in [-0.3, -0.25) is 9.59 Å². The van der Waals surface area contributed by atoms with Gasteiger partial charge < -0.3 is 15.5 Å². The van der Waals surface area contributed by atoms with Gasteiger partial charge in [-0.15, -0.1) is 0 Å². The summed E-state index contributed by atoms with van der Waals surface area (Å²) in [4.78, 5) is 24.7. The number of hydrogen-bond acceptors (Lipinski definition) is 2. The van der Waals surface area contributed by atoms with Crippen LogP contribution in [0.5, 0.6) is 0 Å². The second kappa shape index (κ2) is 9.68. The SMILES string of the molecule is Cc1ccc(NC(=O)C[NH+](C)CC(=O)NCCc2ccccc2F)cc1. The first-order valence-corrected chi connectivity index (χ1v) is 8.62. The number of halogens is 1. The second-order valence-corrected chi connectivity index (χ2v) is 6.42. The predicted octanol–water partition coefficient (Wildman–Crippen LogP) is 0.946. The molecule has 0 aliphatic rings. The van der Waals surface area contributed by atoms with Gasteiger partial charge in [-0.2, -0.15) is 0 Å².